The van der Waals surface area contributed by atoms with Crippen molar-refractivity contribution in [1.82, 2.24) is 0 Å². The molecule has 0 saturated heterocycles. The van der Waals surface area contributed by atoms with Crippen LogP contribution in [-0.4, -0.2) is 76.9 Å². The summed E-state index contributed by atoms with van der Waals surface area (Å²) in [5, 5.41) is 0. The van der Waals surface area contributed by atoms with Crippen molar-refractivity contribution >= 4 is 24.1 Å². The van der Waals surface area contributed by atoms with E-state index < -0.39 is 18.1 Å². The molecule has 0 heterocycles. The van der Waals surface area contributed by atoms with Crippen LogP contribution in [0.4, 0.5) is 4.79 Å². The Balaban J connectivity index is 1.12. The quantitative estimate of drug-likeness (QED) is 0.0620. The summed E-state index contributed by atoms with van der Waals surface area (Å²) < 4.78 is 41.7. The van der Waals surface area contributed by atoms with Crippen LogP contribution in [-0.2, 0) is 33.3 Å². The van der Waals surface area contributed by atoms with Crippen LogP contribution in [0.1, 0.15) is 41.3 Å². The van der Waals surface area contributed by atoms with Gasteiger partial charge < -0.3 is 37.9 Å². The Hall–Kier alpha value is -5.04. The average Bonchev–Trinajstić information content (AvgIpc) is 3.33. The molecule has 12 heteroatoms. The summed E-state index contributed by atoms with van der Waals surface area (Å²) in [4.78, 5) is 47.0. The minimum atomic E-state index is -0.913. The van der Waals surface area contributed by atoms with E-state index in [0.717, 1.165) is 28.3 Å². The van der Waals surface area contributed by atoms with E-state index in [9.17, 15) is 19.2 Å². The maximum atomic E-state index is 12.8. The highest BCUT2D eigenvalue weighted by Crippen LogP contribution is 2.47. The van der Waals surface area contributed by atoms with Gasteiger partial charge in [-0.1, -0.05) is 25.6 Å². The third-order valence-corrected chi connectivity index (χ3v) is 6.86. The number of rotatable bonds is 17. The van der Waals surface area contributed by atoms with Gasteiger partial charge in [-0.15, -0.1) is 0 Å². The van der Waals surface area contributed by atoms with Crippen molar-refractivity contribution in [3.05, 3.63) is 90.0 Å². The van der Waals surface area contributed by atoms with Crippen LogP contribution in [0.25, 0.3) is 11.1 Å². The summed E-state index contributed by atoms with van der Waals surface area (Å²) in [5.41, 5.74) is 4.35. The second-order valence-electron chi connectivity index (χ2n) is 10.1. The molecule has 248 valence electrons. The Morgan fingerprint density at radius 2 is 1.13 bits per heavy atom. The van der Waals surface area contributed by atoms with E-state index in [1.807, 2.05) is 31.2 Å². The molecule has 3 aromatic rings. The number of esters is 3. The second kappa shape index (κ2) is 17.6. The molecular formula is C35H36O12. The minimum absolute atomic E-state index is 0.0109. The zero-order valence-electron chi connectivity index (χ0n) is 26.2. The Morgan fingerprint density at radius 1 is 0.638 bits per heavy atom. The van der Waals surface area contributed by atoms with E-state index in [4.69, 9.17) is 37.9 Å². The standard InChI is InChI=1S/C35H36O12/c1-4-33(37)43-19-17-41-15-13-40-14-16-42-18-20-44-35(39)47-26-7-5-25(6-8-26)34(38)46-28-10-12-30-29-11-9-27(45-24(3)36)21-31(29)23(2)32(30)22-28/h4-12,21-23H,1,13-20H2,2-3H3. The largest absolute Gasteiger partial charge is 0.513 e. The lowest BCUT2D eigenvalue weighted by Crippen LogP contribution is -2.16. The fraction of sp³-hybridized carbons (Fsp3) is 0.314. The SMILES string of the molecule is C=CC(=O)OCCOCCOCCOCCOC(=O)Oc1ccc(C(=O)Oc2ccc3c(c2)C(C)c2cc(OC(C)=O)ccc2-3)cc1. The Kier molecular flexibility index (Phi) is 13.0. The molecule has 12 nitrogen and oxygen atoms in total. The first-order chi connectivity index (χ1) is 22.7. The molecule has 0 aromatic heterocycles. The lowest BCUT2D eigenvalue weighted by Gasteiger charge is -2.10. The normalized spacial score (nSPS) is 12.8. The fourth-order valence-electron chi connectivity index (χ4n) is 4.69. The summed E-state index contributed by atoms with van der Waals surface area (Å²) in [7, 11) is 0. The highest BCUT2D eigenvalue weighted by Gasteiger charge is 2.27. The summed E-state index contributed by atoms with van der Waals surface area (Å²) in [6.45, 7) is 8.55. The lowest BCUT2D eigenvalue weighted by molar-refractivity contribution is -0.139. The average molecular weight is 649 g/mol. The number of benzene rings is 3. The van der Waals surface area contributed by atoms with Crippen LogP contribution >= 0.6 is 0 Å². The van der Waals surface area contributed by atoms with Crippen molar-refractivity contribution in [2.45, 2.75) is 19.8 Å². The van der Waals surface area contributed by atoms with Crippen LogP contribution in [0, 0.1) is 0 Å². The molecule has 0 N–H and O–H groups in total. The molecule has 0 aliphatic heterocycles. The molecular weight excluding hydrogens is 612 g/mol. The van der Waals surface area contributed by atoms with Gasteiger partial charge in [0.1, 0.15) is 30.5 Å². The van der Waals surface area contributed by atoms with Crippen molar-refractivity contribution in [2.24, 2.45) is 0 Å². The number of hydrogen-bond donors (Lipinski definition) is 0. The first kappa shape index (κ1) is 34.8. The topological polar surface area (TPSA) is 142 Å². The number of carbonyl (C=O) groups excluding carboxylic acids is 4. The molecule has 4 rings (SSSR count). The van der Waals surface area contributed by atoms with Gasteiger partial charge in [-0.25, -0.2) is 14.4 Å². The molecule has 3 aromatic carbocycles. The van der Waals surface area contributed by atoms with Crippen LogP contribution in [0.2, 0.25) is 0 Å². The third-order valence-electron chi connectivity index (χ3n) is 6.86. The van der Waals surface area contributed by atoms with Crippen LogP contribution in [0.3, 0.4) is 0 Å². The van der Waals surface area contributed by atoms with E-state index in [2.05, 4.69) is 6.58 Å². The smallest absolute Gasteiger partial charge is 0.460 e. The highest BCUT2D eigenvalue weighted by atomic mass is 16.7. The molecule has 0 fully saturated rings. The molecule has 1 aliphatic rings. The molecule has 47 heavy (non-hydrogen) atoms. The van der Waals surface area contributed by atoms with Gasteiger partial charge >= 0.3 is 24.1 Å². The first-order valence-electron chi connectivity index (χ1n) is 14.9. The van der Waals surface area contributed by atoms with Gasteiger partial charge in [0.2, 0.25) is 0 Å². The molecule has 1 unspecified atom stereocenters. The number of hydrogen-bond acceptors (Lipinski definition) is 12. The second-order valence-corrected chi connectivity index (χ2v) is 10.1. The Labute approximate surface area is 272 Å². The molecule has 0 spiro atoms. The van der Waals surface area contributed by atoms with Gasteiger partial charge in [0.25, 0.3) is 0 Å². The van der Waals surface area contributed by atoms with Gasteiger partial charge in [-0.3, -0.25) is 4.79 Å². The van der Waals surface area contributed by atoms with E-state index in [-0.39, 0.29) is 49.6 Å². The Bertz CT molecular complexity index is 1560. The van der Waals surface area contributed by atoms with Crippen molar-refractivity contribution < 1.29 is 57.1 Å². The zero-order chi connectivity index (χ0) is 33.6. The van der Waals surface area contributed by atoms with Gasteiger partial charge in [0.15, 0.2) is 0 Å². The maximum absolute atomic E-state index is 12.8. The van der Waals surface area contributed by atoms with Gasteiger partial charge in [-0.2, -0.15) is 0 Å². The summed E-state index contributed by atoms with van der Waals surface area (Å²) in [6.07, 6.45) is 0.172. The molecule has 1 aliphatic carbocycles. The van der Waals surface area contributed by atoms with E-state index in [1.165, 1.54) is 31.2 Å². The predicted octanol–water partition coefficient (Wildman–Crippen LogP) is 5.26. The summed E-state index contributed by atoms with van der Waals surface area (Å²) >= 11 is 0. The van der Waals surface area contributed by atoms with Crippen LogP contribution in [0.5, 0.6) is 17.2 Å². The zero-order valence-corrected chi connectivity index (χ0v) is 26.2. The van der Waals surface area contributed by atoms with E-state index in [0.29, 0.717) is 37.9 Å². The summed E-state index contributed by atoms with van der Waals surface area (Å²) in [6, 6.07) is 16.9. The van der Waals surface area contributed by atoms with Crippen molar-refractivity contribution in [3.8, 4) is 28.4 Å². The van der Waals surface area contributed by atoms with Crippen molar-refractivity contribution in [2.75, 3.05) is 52.9 Å². The number of ether oxygens (including phenoxy) is 8. The monoisotopic (exact) mass is 648 g/mol. The molecule has 0 amide bonds. The van der Waals surface area contributed by atoms with Crippen LogP contribution in [0.15, 0.2) is 73.3 Å². The van der Waals surface area contributed by atoms with Crippen molar-refractivity contribution in [1.29, 1.82) is 0 Å². The lowest BCUT2D eigenvalue weighted by atomic mass is 9.99. The van der Waals surface area contributed by atoms with Crippen LogP contribution < -0.4 is 14.2 Å². The minimum Gasteiger partial charge on any atom is -0.460 e. The van der Waals surface area contributed by atoms with Gasteiger partial charge in [0, 0.05) is 18.9 Å². The van der Waals surface area contributed by atoms with Gasteiger partial charge in [0.05, 0.1) is 45.2 Å². The van der Waals surface area contributed by atoms with Crippen molar-refractivity contribution in [3.63, 3.8) is 0 Å². The first-order valence-corrected chi connectivity index (χ1v) is 14.9. The molecule has 0 radical (unpaired) electrons. The van der Waals surface area contributed by atoms with E-state index >= 15 is 0 Å². The number of fused-ring (bicyclic) bond motifs is 3. The fourth-order valence-corrected chi connectivity index (χ4v) is 4.69. The molecule has 0 saturated carbocycles. The predicted molar refractivity (Wildman–Crippen MR) is 168 cm³/mol. The molecule has 0 bridgehead atoms. The highest BCUT2D eigenvalue weighted by molar-refractivity contribution is 5.91. The third kappa shape index (κ3) is 10.5. The van der Waals surface area contributed by atoms with E-state index in [1.54, 1.807) is 12.1 Å². The maximum Gasteiger partial charge on any atom is 0.513 e. The van der Waals surface area contributed by atoms with Gasteiger partial charge in [-0.05, 0) is 70.8 Å². The number of carbonyl (C=O) groups is 4. The molecule has 1 atom stereocenters. The Morgan fingerprint density at radius 3 is 1.66 bits per heavy atom. The summed E-state index contributed by atoms with van der Waals surface area (Å²) in [5.74, 6) is -0.372.